The fourth-order valence-corrected chi connectivity index (χ4v) is 4.03. The van der Waals surface area contributed by atoms with E-state index in [0.717, 1.165) is 11.8 Å². The highest BCUT2D eigenvalue weighted by atomic mass is 32.2. The third-order valence-electron chi connectivity index (χ3n) is 3.80. The molecule has 1 heterocycles. The molecule has 2 amide bonds. The lowest BCUT2D eigenvalue weighted by Crippen LogP contribution is -2.57. The number of carbonyl (C=O) groups is 3. The van der Waals surface area contributed by atoms with Gasteiger partial charge >= 0.3 is 30.1 Å². The average Bonchev–Trinajstić information content (AvgIpc) is 2.91. The van der Waals surface area contributed by atoms with Gasteiger partial charge in [-0.05, 0) is 12.8 Å². The van der Waals surface area contributed by atoms with Crippen LogP contribution in [0.3, 0.4) is 0 Å². The topological polar surface area (TPSA) is 84.5 Å². The summed E-state index contributed by atoms with van der Waals surface area (Å²) in [5.74, 6) is -5.13. The molecule has 0 aromatic rings. The van der Waals surface area contributed by atoms with E-state index in [-0.39, 0.29) is 18.6 Å². The summed E-state index contributed by atoms with van der Waals surface area (Å²) in [5.41, 5.74) is 0. The van der Waals surface area contributed by atoms with Crippen LogP contribution < -0.4 is 10.6 Å². The zero-order valence-corrected chi connectivity index (χ0v) is 14.9. The number of thioether (sulfide) groups is 1. The summed E-state index contributed by atoms with van der Waals surface area (Å²) >= 11 is 1.05. The first-order chi connectivity index (χ1) is 12.4. The number of amides is 2. The Balaban J connectivity index is 2.75. The molecule has 1 saturated heterocycles. The van der Waals surface area contributed by atoms with Crippen LogP contribution in [0.25, 0.3) is 0 Å². The van der Waals surface area contributed by atoms with Gasteiger partial charge in [-0.2, -0.15) is 38.1 Å². The first-order valence-corrected chi connectivity index (χ1v) is 8.85. The van der Waals surface area contributed by atoms with Crippen molar-refractivity contribution in [2.24, 2.45) is 0 Å². The number of rotatable bonds is 7. The van der Waals surface area contributed by atoms with Crippen molar-refractivity contribution in [3.8, 4) is 0 Å². The SMILES string of the molecule is COC(=O)CCCC[C@@H]1SCC(NC(=O)C(F)(F)F)[C@@H]1NC(=O)C(F)(F)F. The van der Waals surface area contributed by atoms with Crippen molar-refractivity contribution in [1.29, 1.82) is 0 Å². The summed E-state index contributed by atoms with van der Waals surface area (Å²) in [4.78, 5) is 33.3. The Morgan fingerprint density at radius 3 is 2.07 bits per heavy atom. The molecule has 0 aromatic heterocycles. The van der Waals surface area contributed by atoms with Crippen LogP contribution in [0.1, 0.15) is 25.7 Å². The van der Waals surface area contributed by atoms with Crippen molar-refractivity contribution < 1.29 is 45.5 Å². The number of halogens is 6. The smallest absolute Gasteiger partial charge is 0.469 e. The first kappa shape index (κ1) is 23.4. The van der Waals surface area contributed by atoms with Crippen LogP contribution in [-0.2, 0) is 19.1 Å². The highest BCUT2D eigenvalue weighted by Gasteiger charge is 2.47. The number of alkyl halides is 6. The van der Waals surface area contributed by atoms with Gasteiger partial charge in [-0.25, -0.2) is 0 Å². The summed E-state index contributed by atoms with van der Waals surface area (Å²) in [6.07, 6.45) is -9.33. The van der Waals surface area contributed by atoms with E-state index in [4.69, 9.17) is 0 Å². The second-order valence-electron chi connectivity index (χ2n) is 5.77. The van der Waals surface area contributed by atoms with Gasteiger partial charge in [0.2, 0.25) is 0 Å². The molecule has 1 aliphatic rings. The van der Waals surface area contributed by atoms with Gasteiger partial charge < -0.3 is 15.4 Å². The van der Waals surface area contributed by atoms with Crippen LogP contribution in [0.4, 0.5) is 26.3 Å². The van der Waals surface area contributed by atoms with E-state index in [2.05, 4.69) is 4.74 Å². The van der Waals surface area contributed by atoms with E-state index in [0.29, 0.717) is 12.8 Å². The zero-order chi connectivity index (χ0) is 20.8. The van der Waals surface area contributed by atoms with E-state index < -0.39 is 47.5 Å². The molecule has 1 unspecified atom stereocenters. The van der Waals surface area contributed by atoms with Crippen LogP contribution in [0.5, 0.6) is 0 Å². The highest BCUT2D eigenvalue weighted by molar-refractivity contribution is 8.00. The number of ether oxygens (including phenoxy) is 1. The number of hydrogen-bond acceptors (Lipinski definition) is 5. The fourth-order valence-electron chi connectivity index (χ4n) is 2.48. The van der Waals surface area contributed by atoms with Crippen molar-refractivity contribution in [2.75, 3.05) is 12.9 Å². The van der Waals surface area contributed by atoms with Gasteiger partial charge in [-0.1, -0.05) is 6.42 Å². The second kappa shape index (κ2) is 9.51. The number of hydrogen-bond donors (Lipinski definition) is 2. The summed E-state index contributed by atoms with van der Waals surface area (Å²) in [5, 5.41) is 2.66. The van der Waals surface area contributed by atoms with E-state index in [1.807, 2.05) is 0 Å². The van der Waals surface area contributed by atoms with Gasteiger partial charge in [0.05, 0.1) is 19.2 Å². The normalized spacial score (nSPS) is 23.0. The lowest BCUT2D eigenvalue weighted by atomic mass is 10.0. The van der Waals surface area contributed by atoms with Gasteiger partial charge in [-0.15, -0.1) is 0 Å². The first-order valence-electron chi connectivity index (χ1n) is 7.80. The summed E-state index contributed by atoms with van der Waals surface area (Å²) in [6, 6.07) is -2.63. The molecule has 6 nitrogen and oxygen atoms in total. The molecule has 0 bridgehead atoms. The largest absolute Gasteiger partial charge is 0.471 e. The van der Waals surface area contributed by atoms with E-state index in [1.54, 1.807) is 10.6 Å². The number of methoxy groups -OCH3 is 1. The monoisotopic (exact) mass is 424 g/mol. The third kappa shape index (κ3) is 7.46. The predicted octanol–water partition coefficient (Wildman–Crippen LogP) is 1.93. The molecule has 0 spiro atoms. The molecule has 13 heteroatoms. The van der Waals surface area contributed by atoms with Crippen molar-refractivity contribution in [2.45, 2.75) is 55.4 Å². The molecule has 0 saturated carbocycles. The van der Waals surface area contributed by atoms with Crippen molar-refractivity contribution >= 4 is 29.5 Å². The molecule has 0 radical (unpaired) electrons. The quantitative estimate of drug-likeness (QED) is 0.371. The minimum atomic E-state index is -5.21. The lowest BCUT2D eigenvalue weighted by molar-refractivity contribution is -0.176. The van der Waals surface area contributed by atoms with Gasteiger partial charge in [0.15, 0.2) is 0 Å². The maximum atomic E-state index is 12.5. The second-order valence-corrected chi connectivity index (χ2v) is 7.04. The molecule has 0 aromatic carbocycles. The van der Waals surface area contributed by atoms with Crippen molar-refractivity contribution in [3.05, 3.63) is 0 Å². The minimum absolute atomic E-state index is 0.0850. The molecule has 3 atom stereocenters. The Morgan fingerprint density at radius 1 is 1.00 bits per heavy atom. The molecule has 156 valence electrons. The summed E-state index contributed by atoms with van der Waals surface area (Å²) in [6.45, 7) is 0. The van der Waals surface area contributed by atoms with E-state index >= 15 is 0 Å². The Bertz CT molecular complexity index is 555. The molecular weight excluding hydrogens is 406 g/mol. The molecule has 1 fully saturated rings. The van der Waals surface area contributed by atoms with Gasteiger partial charge in [-0.3, -0.25) is 14.4 Å². The molecule has 0 aliphatic carbocycles. The molecule has 1 aliphatic heterocycles. The molecule has 1 rings (SSSR count). The van der Waals surface area contributed by atoms with Crippen molar-refractivity contribution in [3.63, 3.8) is 0 Å². The van der Waals surface area contributed by atoms with Gasteiger partial charge in [0.1, 0.15) is 0 Å². The summed E-state index contributed by atoms with van der Waals surface area (Å²) < 4.78 is 79.2. The zero-order valence-electron chi connectivity index (χ0n) is 14.1. The maximum absolute atomic E-state index is 12.5. The van der Waals surface area contributed by atoms with Crippen LogP contribution in [-0.4, -0.2) is 60.3 Å². The average molecular weight is 424 g/mol. The molecular formula is C14H18F6N2O4S. The standard InChI is InChI=1S/C14H18F6N2O4S/c1-26-9(23)5-3-2-4-8-10(22-12(25)14(18,19)20)7(6-27-8)21-11(24)13(15,16)17/h7-8,10H,2-6H2,1H3,(H,21,24)(H,22,25)/t7?,8-,10-/m0/s1. The third-order valence-corrected chi connectivity index (χ3v) is 5.31. The van der Waals surface area contributed by atoms with Crippen LogP contribution >= 0.6 is 11.8 Å². The number of unbranched alkanes of at least 4 members (excludes halogenated alkanes) is 1. The Morgan fingerprint density at radius 2 is 1.56 bits per heavy atom. The summed E-state index contributed by atoms with van der Waals surface area (Å²) in [7, 11) is 1.20. The Kier molecular flexibility index (Phi) is 8.23. The van der Waals surface area contributed by atoms with Gasteiger partial charge in [0.25, 0.3) is 0 Å². The fraction of sp³-hybridized carbons (Fsp3) is 0.786. The number of nitrogens with one attached hydrogen (secondary N) is 2. The van der Waals surface area contributed by atoms with E-state index in [1.165, 1.54) is 7.11 Å². The van der Waals surface area contributed by atoms with Crippen LogP contribution in [0.15, 0.2) is 0 Å². The van der Waals surface area contributed by atoms with Crippen molar-refractivity contribution in [1.82, 2.24) is 10.6 Å². The maximum Gasteiger partial charge on any atom is 0.471 e. The number of carbonyl (C=O) groups excluding carboxylic acids is 3. The highest BCUT2D eigenvalue weighted by Crippen LogP contribution is 2.33. The minimum Gasteiger partial charge on any atom is -0.469 e. The van der Waals surface area contributed by atoms with Gasteiger partial charge in [0, 0.05) is 17.4 Å². The van der Waals surface area contributed by atoms with Crippen LogP contribution in [0.2, 0.25) is 0 Å². The molecule has 27 heavy (non-hydrogen) atoms. The van der Waals surface area contributed by atoms with Crippen LogP contribution in [0, 0.1) is 0 Å². The van der Waals surface area contributed by atoms with E-state index in [9.17, 15) is 40.7 Å². The Labute approximate surface area is 154 Å². The Hall–Kier alpha value is -1.66. The molecule has 2 N–H and O–H groups in total. The predicted molar refractivity (Wildman–Crippen MR) is 82.7 cm³/mol. The lowest BCUT2D eigenvalue weighted by Gasteiger charge is -2.26. The number of esters is 1.